The van der Waals surface area contributed by atoms with Gasteiger partial charge in [-0.1, -0.05) is 51.8 Å². The smallest absolute Gasteiger partial charge is 0.190 e. The number of fused-ring (bicyclic) bond motifs is 1. The first kappa shape index (κ1) is 14.1. The predicted molar refractivity (Wildman–Crippen MR) is 88.1 cm³/mol. The van der Waals surface area contributed by atoms with Crippen molar-refractivity contribution >= 4 is 27.8 Å². The number of carbonyl (C=O) groups is 1. The highest BCUT2D eigenvalue weighted by Gasteiger charge is 2.32. The molecule has 2 aromatic rings. The van der Waals surface area contributed by atoms with E-state index in [1.165, 1.54) is 0 Å². The molecule has 0 spiro atoms. The van der Waals surface area contributed by atoms with E-state index in [1.807, 2.05) is 49.4 Å². The first-order chi connectivity index (χ1) is 10.1. The second-order valence-corrected chi connectivity index (χ2v) is 6.07. The van der Waals surface area contributed by atoms with Crippen LogP contribution in [-0.4, -0.2) is 12.9 Å². The van der Waals surface area contributed by atoms with Crippen molar-refractivity contribution in [2.45, 2.75) is 11.8 Å². The topological polar surface area (TPSA) is 26.3 Å². The summed E-state index contributed by atoms with van der Waals surface area (Å²) in [5, 5.41) is 0. The van der Waals surface area contributed by atoms with Gasteiger partial charge in [0.05, 0.1) is 11.9 Å². The first-order valence-corrected chi connectivity index (χ1v) is 7.66. The summed E-state index contributed by atoms with van der Waals surface area (Å²) in [5.74, 6) is 0.909. The summed E-state index contributed by atoms with van der Waals surface area (Å²) in [6, 6.07) is 13.7. The van der Waals surface area contributed by atoms with Crippen LogP contribution in [0.1, 0.15) is 31.9 Å². The maximum absolute atomic E-state index is 12.5. The Morgan fingerprint density at radius 1 is 1.14 bits per heavy atom. The highest BCUT2D eigenvalue weighted by atomic mass is 79.9. The zero-order valence-electron chi connectivity index (χ0n) is 11.9. The van der Waals surface area contributed by atoms with Gasteiger partial charge in [0.1, 0.15) is 5.75 Å². The van der Waals surface area contributed by atoms with E-state index in [1.54, 1.807) is 7.11 Å². The molecule has 0 fully saturated rings. The molecule has 0 bridgehead atoms. The Morgan fingerprint density at radius 3 is 2.52 bits per heavy atom. The Labute approximate surface area is 132 Å². The van der Waals surface area contributed by atoms with Gasteiger partial charge in [-0.3, -0.25) is 4.79 Å². The Morgan fingerprint density at radius 2 is 1.86 bits per heavy atom. The Kier molecular flexibility index (Phi) is 3.68. The van der Waals surface area contributed by atoms with Crippen molar-refractivity contribution < 1.29 is 9.53 Å². The van der Waals surface area contributed by atoms with E-state index < -0.39 is 0 Å². The summed E-state index contributed by atoms with van der Waals surface area (Å²) in [7, 11) is 1.64. The van der Waals surface area contributed by atoms with Crippen LogP contribution in [0, 0.1) is 6.92 Å². The number of hydrogen-bond acceptors (Lipinski definition) is 2. The van der Waals surface area contributed by atoms with Gasteiger partial charge in [-0.05, 0) is 36.3 Å². The molecule has 1 atom stereocenters. The molecule has 0 radical (unpaired) electrons. The lowest BCUT2D eigenvalue weighted by atomic mass is 10.1. The van der Waals surface area contributed by atoms with Crippen LogP contribution >= 0.6 is 15.9 Å². The molecule has 0 N–H and O–H groups in total. The van der Waals surface area contributed by atoms with Crippen LogP contribution in [0.4, 0.5) is 0 Å². The summed E-state index contributed by atoms with van der Waals surface area (Å²) in [6.45, 7) is 2.04. The molecule has 21 heavy (non-hydrogen) atoms. The third kappa shape index (κ3) is 2.54. The van der Waals surface area contributed by atoms with Crippen LogP contribution in [0.3, 0.4) is 0 Å². The lowest BCUT2D eigenvalue weighted by molar-refractivity contribution is 0.104. The van der Waals surface area contributed by atoms with Crippen LogP contribution in [-0.2, 0) is 0 Å². The summed E-state index contributed by atoms with van der Waals surface area (Å²) < 4.78 is 5.15. The number of hydrogen-bond donors (Lipinski definition) is 0. The lowest BCUT2D eigenvalue weighted by Crippen LogP contribution is -1.96. The molecule has 1 unspecified atom stereocenters. The van der Waals surface area contributed by atoms with Crippen LogP contribution in [0.2, 0.25) is 0 Å². The minimum Gasteiger partial charge on any atom is -0.497 e. The van der Waals surface area contributed by atoms with Gasteiger partial charge in [-0.2, -0.15) is 0 Å². The van der Waals surface area contributed by atoms with Crippen LogP contribution in [0.15, 0.2) is 48.0 Å². The highest BCUT2D eigenvalue weighted by Crippen LogP contribution is 2.42. The maximum Gasteiger partial charge on any atom is 0.190 e. The second-order valence-electron chi connectivity index (χ2n) is 5.16. The average Bonchev–Trinajstić information content (AvgIpc) is 2.73. The normalized spacial score (nSPS) is 18.9. The molecule has 2 aromatic carbocycles. The maximum atomic E-state index is 12.5. The largest absolute Gasteiger partial charge is 0.497 e. The van der Waals surface area contributed by atoms with E-state index in [0.717, 1.165) is 33.6 Å². The van der Waals surface area contributed by atoms with Crippen molar-refractivity contribution in [2.75, 3.05) is 7.11 Å². The molecular formula is C18H15BrO2. The SMILES string of the molecule is COc1ccc(/C=C2/C(=O)c3ccc(C)cc3C2Br)cc1. The molecule has 0 aromatic heterocycles. The first-order valence-electron chi connectivity index (χ1n) is 6.75. The number of carbonyl (C=O) groups excluding carboxylic acids is 1. The van der Waals surface area contributed by atoms with Gasteiger partial charge in [0, 0.05) is 11.1 Å². The molecule has 0 heterocycles. The van der Waals surface area contributed by atoms with Gasteiger partial charge >= 0.3 is 0 Å². The number of rotatable bonds is 2. The molecule has 3 heteroatoms. The predicted octanol–water partition coefficient (Wildman–Crippen LogP) is 4.72. The molecule has 1 aliphatic carbocycles. The van der Waals surface area contributed by atoms with Gasteiger partial charge in [0.15, 0.2) is 5.78 Å². The van der Waals surface area contributed by atoms with Gasteiger partial charge in [0.25, 0.3) is 0 Å². The minimum atomic E-state index is -0.0398. The van der Waals surface area contributed by atoms with Crippen LogP contribution in [0.25, 0.3) is 6.08 Å². The standard InChI is InChI=1S/C18H15BrO2/c1-11-3-8-14-15(9-11)17(19)16(18(14)20)10-12-4-6-13(21-2)7-5-12/h3-10,17H,1-2H3/b16-10+. The zero-order chi connectivity index (χ0) is 15.0. The summed E-state index contributed by atoms with van der Waals surface area (Å²) in [5.41, 5.74) is 4.78. The van der Waals surface area contributed by atoms with Gasteiger partial charge in [0.2, 0.25) is 0 Å². The highest BCUT2D eigenvalue weighted by molar-refractivity contribution is 9.09. The van der Waals surface area contributed by atoms with E-state index in [0.29, 0.717) is 0 Å². The van der Waals surface area contributed by atoms with Gasteiger partial charge < -0.3 is 4.74 Å². The molecule has 3 rings (SSSR count). The Bertz CT molecular complexity index is 729. The molecule has 0 amide bonds. The third-order valence-corrected chi connectivity index (χ3v) is 4.68. The average molecular weight is 343 g/mol. The van der Waals surface area contributed by atoms with Gasteiger partial charge in [-0.25, -0.2) is 0 Å². The Balaban J connectivity index is 2.00. The van der Waals surface area contributed by atoms with E-state index in [2.05, 4.69) is 22.0 Å². The van der Waals surface area contributed by atoms with Gasteiger partial charge in [-0.15, -0.1) is 0 Å². The fourth-order valence-electron chi connectivity index (χ4n) is 2.56. The third-order valence-electron chi connectivity index (χ3n) is 3.70. The molecular weight excluding hydrogens is 328 g/mol. The second kappa shape index (κ2) is 5.49. The summed E-state index contributed by atoms with van der Waals surface area (Å²) >= 11 is 3.65. The van der Waals surface area contributed by atoms with Crippen molar-refractivity contribution in [3.05, 3.63) is 70.3 Å². The number of ether oxygens (including phenoxy) is 1. The molecule has 106 valence electrons. The van der Waals surface area contributed by atoms with E-state index in [-0.39, 0.29) is 10.6 Å². The van der Waals surface area contributed by atoms with Crippen molar-refractivity contribution in [3.63, 3.8) is 0 Å². The van der Waals surface area contributed by atoms with Crippen molar-refractivity contribution in [1.29, 1.82) is 0 Å². The van der Waals surface area contributed by atoms with E-state index in [4.69, 9.17) is 4.74 Å². The van der Waals surface area contributed by atoms with Crippen molar-refractivity contribution in [3.8, 4) is 5.75 Å². The fourth-order valence-corrected chi connectivity index (χ4v) is 3.27. The summed E-state index contributed by atoms with van der Waals surface area (Å²) in [4.78, 5) is 12.5. The number of allylic oxidation sites excluding steroid dienone is 1. The molecule has 0 saturated heterocycles. The quantitative estimate of drug-likeness (QED) is 0.583. The summed E-state index contributed by atoms with van der Waals surface area (Å²) in [6.07, 6.45) is 1.94. The van der Waals surface area contributed by atoms with Crippen LogP contribution in [0.5, 0.6) is 5.75 Å². The monoisotopic (exact) mass is 342 g/mol. The van der Waals surface area contributed by atoms with Crippen LogP contribution < -0.4 is 4.74 Å². The van der Waals surface area contributed by atoms with Crippen molar-refractivity contribution in [2.24, 2.45) is 0 Å². The molecule has 2 nitrogen and oxygen atoms in total. The molecule has 0 aliphatic heterocycles. The zero-order valence-corrected chi connectivity index (χ0v) is 13.5. The lowest BCUT2D eigenvalue weighted by Gasteiger charge is -2.05. The van der Waals surface area contributed by atoms with Crippen molar-refractivity contribution in [1.82, 2.24) is 0 Å². The minimum absolute atomic E-state index is 0.0398. The molecule has 1 aliphatic rings. The van der Waals surface area contributed by atoms with E-state index >= 15 is 0 Å². The number of alkyl halides is 1. The number of benzene rings is 2. The number of halogens is 1. The number of aryl methyl sites for hydroxylation is 1. The Hall–Kier alpha value is -1.87. The fraction of sp³-hybridized carbons (Fsp3) is 0.167. The number of methoxy groups -OCH3 is 1. The number of ketones is 1. The molecule has 0 saturated carbocycles. The number of Topliss-reactive ketones (excluding diaryl/α,β-unsaturated/α-hetero) is 1. The van der Waals surface area contributed by atoms with E-state index in [9.17, 15) is 4.79 Å².